The molecule has 0 amide bonds. The van der Waals surface area contributed by atoms with Crippen LogP contribution in [0.15, 0.2) is 36.4 Å². The number of ether oxygens (including phenoxy) is 1. The number of carboxylic acid groups (broad SMARTS) is 1. The molecule has 0 unspecified atom stereocenters. The normalized spacial score (nSPS) is 10.3. The van der Waals surface area contributed by atoms with Gasteiger partial charge in [0.2, 0.25) is 0 Å². The summed E-state index contributed by atoms with van der Waals surface area (Å²) in [7, 11) is 1.44. The Morgan fingerprint density at radius 2 is 2.00 bits per heavy atom. The maximum Gasteiger partial charge on any atom is 0.336 e. The number of halogens is 2. The lowest BCUT2D eigenvalue weighted by molar-refractivity contribution is 0.0697. The summed E-state index contributed by atoms with van der Waals surface area (Å²) in [5.41, 5.74) is 0.820. The molecule has 2 rings (SSSR count). The molecule has 0 radical (unpaired) electrons. The van der Waals surface area contributed by atoms with Crippen LogP contribution in [0.3, 0.4) is 0 Å². The molecule has 1 N–H and O–H groups in total. The zero-order valence-corrected chi connectivity index (χ0v) is 10.7. The Labute approximate surface area is 114 Å². The van der Waals surface area contributed by atoms with E-state index in [0.717, 1.165) is 6.07 Å². The molecule has 2 aromatic carbocycles. The van der Waals surface area contributed by atoms with Crippen LogP contribution in [0, 0.1) is 5.82 Å². The Hall–Kier alpha value is -2.07. The van der Waals surface area contributed by atoms with Crippen molar-refractivity contribution in [2.24, 2.45) is 0 Å². The molecule has 0 spiro atoms. The van der Waals surface area contributed by atoms with Crippen molar-refractivity contribution in [2.45, 2.75) is 0 Å². The predicted molar refractivity (Wildman–Crippen MR) is 70.4 cm³/mol. The van der Waals surface area contributed by atoms with Crippen molar-refractivity contribution in [3.8, 4) is 16.9 Å². The van der Waals surface area contributed by atoms with E-state index in [9.17, 15) is 14.3 Å². The Morgan fingerprint density at radius 3 is 2.58 bits per heavy atom. The molecule has 0 aliphatic carbocycles. The van der Waals surface area contributed by atoms with Gasteiger partial charge in [-0.05, 0) is 47.5 Å². The largest absolute Gasteiger partial charge is 0.497 e. The highest BCUT2D eigenvalue weighted by Gasteiger charge is 2.14. The summed E-state index contributed by atoms with van der Waals surface area (Å²) >= 11 is 5.78. The molecule has 2 aromatic rings. The number of hydrogen-bond donors (Lipinski definition) is 1. The van der Waals surface area contributed by atoms with Crippen molar-refractivity contribution >= 4 is 17.6 Å². The van der Waals surface area contributed by atoms with Crippen molar-refractivity contribution in [2.75, 3.05) is 7.11 Å². The minimum absolute atomic E-state index is 0.0287. The lowest BCUT2D eigenvalue weighted by Gasteiger charge is -2.09. The van der Waals surface area contributed by atoms with Crippen LogP contribution < -0.4 is 4.74 Å². The summed E-state index contributed by atoms with van der Waals surface area (Å²) < 4.78 is 18.3. The summed E-state index contributed by atoms with van der Waals surface area (Å²) in [6.07, 6.45) is 0. The SMILES string of the molecule is COc1ccc(-c2cc(F)cc(Cl)c2)c(C(=O)O)c1. The number of rotatable bonds is 3. The van der Waals surface area contributed by atoms with Gasteiger partial charge in [0.05, 0.1) is 12.7 Å². The Kier molecular flexibility index (Phi) is 3.71. The molecule has 5 heteroatoms. The van der Waals surface area contributed by atoms with Gasteiger partial charge in [0.15, 0.2) is 0 Å². The zero-order valence-electron chi connectivity index (χ0n) is 9.98. The second-order valence-electron chi connectivity index (χ2n) is 3.87. The van der Waals surface area contributed by atoms with Crippen molar-refractivity contribution in [1.82, 2.24) is 0 Å². The molecular formula is C14H10ClFO3. The predicted octanol–water partition coefficient (Wildman–Crippen LogP) is 3.85. The van der Waals surface area contributed by atoms with Gasteiger partial charge in [0.25, 0.3) is 0 Å². The summed E-state index contributed by atoms with van der Waals surface area (Å²) in [6, 6.07) is 8.47. The van der Waals surface area contributed by atoms with Crippen molar-refractivity contribution in [1.29, 1.82) is 0 Å². The second-order valence-corrected chi connectivity index (χ2v) is 4.31. The monoisotopic (exact) mass is 280 g/mol. The van der Waals surface area contributed by atoms with Crippen LogP contribution in [0.1, 0.15) is 10.4 Å². The van der Waals surface area contributed by atoms with Gasteiger partial charge in [-0.3, -0.25) is 0 Å². The molecule has 19 heavy (non-hydrogen) atoms. The third kappa shape index (κ3) is 2.85. The number of methoxy groups -OCH3 is 1. The van der Waals surface area contributed by atoms with Crippen LogP contribution in [0.25, 0.3) is 11.1 Å². The van der Waals surface area contributed by atoms with Crippen LogP contribution in [0.2, 0.25) is 5.02 Å². The number of carboxylic acids is 1. The third-order valence-corrected chi connectivity index (χ3v) is 2.85. The van der Waals surface area contributed by atoms with Gasteiger partial charge in [-0.25, -0.2) is 9.18 Å². The van der Waals surface area contributed by atoms with Crippen molar-refractivity contribution in [3.63, 3.8) is 0 Å². The molecule has 0 fully saturated rings. The molecule has 3 nitrogen and oxygen atoms in total. The van der Waals surface area contributed by atoms with Crippen molar-refractivity contribution < 1.29 is 19.0 Å². The van der Waals surface area contributed by atoms with E-state index in [1.807, 2.05) is 0 Å². The lowest BCUT2D eigenvalue weighted by atomic mass is 9.99. The van der Waals surface area contributed by atoms with E-state index in [-0.39, 0.29) is 10.6 Å². The molecule has 0 atom stereocenters. The van der Waals surface area contributed by atoms with E-state index in [0.29, 0.717) is 16.9 Å². The van der Waals surface area contributed by atoms with E-state index in [1.54, 1.807) is 12.1 Å². The fourth-order valence-corrected chi connectivity index (χ4v) is 2.01. The minimum atomic E-state index is -1.12. The van der Waals surface area contributed by atoms with E-state index in [4.69, 9.17) is 16.3 Å². The fraction of sp³-hybridized carbons (Fsp3) is 0.0714. The second kappa shape index (κ2) is 5.28. The van der Waals surface area contributed by atoms with E-state index < -0.39 is 11.8 Å². The van der Waals surface area contributed by atoms with Gasteiger partial charge in [-0.2, -0.15) is 0 Å². The van der Waals surface area contributed by atoms with E-state index in [2.05, 4.69) is 0 Å². The first-order valence-electron chi connectivity index (χ1n) is 5.39. The Morgan fingerprint density at radius 1 is 1.26 bits per heavy atom. The quantitative estimate of drug-likeness (QED) is 0.929. The molecule has 0 saturated heterocycles. The average Bonchev–Trinajstić information content (AvgIpc) is 2.36. The zero-order chi connectivity index (χ0) is 14.0. The number of hydrogen-bond acceptors (Lipinski definition) is 2. The third-order valence-electron chi connectivity index (χ3n) is 2.63. The van der Waals surface area contributed by atoms with E-state index >= 15 is 0 Å². The van der Waals surface area contributed by atoms with Crippen molar-refractivity contribution in [3.05, 3.63) is 52.8 Å². The minimum Gasteiger partial charge on any atom is -0.497 e. The summed E-state index contributed by atoms with van der Waals surface area (Å²) in [4.78, 5) is 11.3. The smallest absolute Gasteiger partial charge is 0.336 e. The summed E-state index contributed by atoms with van der Waals surface area (Å²) in [6.45, 7) is 0. The molecule has 0 bridgehead atoms. The molecule has 0 heterocycles. The molecule has 0 saturated carbocycles. The number of aromatic carboxylic acids is 1. The molecule has 0 aliphatic heterocycles. The van der Waals surface area contributed by atoms with Gasteiger partial charge in [0.1, 0.15) is 11.6 Å². The highest BCUT2D eigenvalue weighted by molar-refractivity contribution is 6.30. The maximum absolute atomic E-state index is 13.3. The van der Waals surface area contributed by atoms with Crippen LogP contribution in [0.5, 0.6) is 5.75 Å². The first-order chi connectivity index (χ1) is 9.01. The summed E-state index contributed by atoms with van der Waals surface area (Å²) in [5, 5.41) is 9.41. The van der Waals surface area contributed by atoms with Crippen LogP contribution >= 0.6 is 11.6 Å². The summed E-state index contributed by atoms with van der Waals surface area (Å²) in [5.74, 6) is -1.22. The standard InChI is InChI=1S/C14H10ClFO3/c1-19-11-2-3-12(13(7-11)14(17)18)8-4-9(15)6-10(16)5-8/h2-7H,1H3,(H,17,18). The Balaban J connectivity index is 2.64. The highest BCUT2D eigenvalue weighted by Crippen LogP contribution is 2.30. The maximum atomic E-state index is 13.3. The lowest BCUT2D eigenvalue weighted by Crippen LogP contribution is -2.00. The highest BCUT2D eigenvalue weighted by atomic mass is 35.5. The number of benzene rings is 2. The van der Waals surface area contributed by atoms with Gasteiger partial charge < -0.3 is 9.84 Å². The first kappa shape index (κ1) is 13.4. The van der Waals surface area contributed by atoms with Gasteiger partial charge in [-0.15, -0.1) is 0 Å². The number of carbonyl (C=O) groups is 1. The van der Waals surface area contributed by atoms with Gasteiger partial charge in [-0.1, -0.05) is 11.6 Å². The van der Waals surface area contributed by atoms with Crippen LogP contribution in [-0.4, -0.2) is 18.2 Å². The average molecular weight is 281 g/mol. The van der Waals surface area contributed by atoms with E-state index in [1.165, 1.54) is 25.3 Å². The fourth-order valence-electron chi connectivity index (χ4n) is 1.79. The molecule has 0 aromatic heterocycles. The molecule has 98 valence electrons. The molecular weight excluding hydrogens is 271 g/mol. The first-order valence-corrected chi connectivity index (χ1v) is 5.77. The topological polar surface area (TPSA) is 46.5 Å². The molecule has 0 aliphatic rings. The Bertz CT molecular complexity index is 620. The van der Waals surface area contributed by atoms with Crippen LogP contribution in [0.4, 0.5) is 4.39 Å². The van der Waals surface area contributed by atoms with Gasteiger partial charge in [0, 0.05) is 5.02 Å². The van der Waals surface area contributed by atoms with Gasteiger partial charge >= 0.3 is 5.97 Å². The van der Waals surface area contributed by atoms with Crippen LogP contribution in [-0.2, 0) is 0 Å².